The van der Waals surface area contributed by atoms with E-state index in [1.165, 1.54) is 12.8 Å². The van der Waals surface area contributed by atoms with Crippen molar-refractivity contribution >= 4 is 23.4 Å². The van der Waals surface area contributed by atoms with E-state index < -0.39 is 0 Å². The number of amides is 1. The number of fused-ring (bicyclic) bond motifs is 1. The predicted octanol–water partition coefficient (Wildman–Crippen LogP) is 5.66. The van der Waals surface area contributed by atoms with Crippen LogP contribution in [0.25, 0.3) is 22.4 Å². The van der Waals surface area contributed by atoms with Gasteiger partial charge in [0.15, 0.2) is 0 Å². The van der Waals surface area contributed by atoms with E-state index >= 15 is 0 Å². The summed E-state index contributed by atoms with van der Waals surface area (Å²) in [4.78, 5) is 21.4. The molecule has 2 aromatic carbocycles. The van der Waals surface area contributed by atoms with Gasteiger partial charge < -0.3 is 4.74 Å². The summed E-state index contributed by atoms with van der Waals surface area (Å²) in [5.74, 6) is 0. The van der Waals surface area contributed by atoms with Crippen molar-refractivity contribution in [1.82, 2.24) is 9.88 Å². The monoisotopic (exact) mass is 447 g/mol. The molecule has 3 heterocycles. The average molecular weight is 448 g/mol. The average Bonchev–Trinajstić information content (AvgIpc) is 3.49. The largest absolute Gasteiger partial charge is 0.448 e. The van der Waals surface area contributed by atoms with E-state index in [4.69, 9.17) is 16.3 Å². The Morgan fingerprint density at radius 1 is 0.938 bits per heavy atom. The molecule has 5 rings (SSSR count). The molecule has 0 N–H and O–H groups in total. The van der Waals surface area contributed by atoms with Crippen LogP contribution in [-0.2, 0) is 11.2 Å². The second kappa shape index (κ2) is 9.31. The number of aromatic nitrogens is 1. The molecule has 164 valence electrons. The van der Waals surface area contributed by atoms with E-state index in [1.54, 1.807) is 4.90 Å². The van der Waals surface area contributed by atoms with Gasteiger partial charge in [-0.3, -0.25) is 14.8 Å². The third-order valence-corrected chi connectivity index (χ3v) is 6.52. The third kappa shape index (κ3) is 4.50. The van der Waals surface area contributed by atoms with Gasteiger partial charge in [0.25, 0.3) is 0 Å². The van der Waals surface area contributed by atoms with E-state index in [0.717, 1.165) is 64.7 Å². The number of anilines is 1. The number of rotatable bonds is 5. The van der Waals surface area contributed by atoms with Gasteiger partial charge in [-0.1, -0.05) is 35.9 Å². The SMILES string of the molecule is O=C(OCCN1CCCC1)N1CCc2cc(-c3ccc(-c4ccc(Cl)cc4)cn3)ccc21. The second-order valence-corrected chi connectivity index (χ2v) is 8.78. The molecule has 6 heteroatoms. The van der Waals surface area contributed by atoms with Crippen molar-refractivity contribution in [3.63, 3.8) is 0 Å². The molecule has 1 aromatic heterocycles. The van der Waals surface area contributed by atoms with Crippen LogP contribution in [0, 0.1) is 0 Å². The molecule has 0 spiro atoms. The van der Waals surface area contributed by atoms with Crippen LogP contribution in [0.4, 0.5) is 10.5 Å². The van der Waals surface area contributed by atoms with E-state index in [9.17, 15) is 4.79 Å². The molecule has 5 nitrogen and oxygen atoms in total. The first-order valence-corrected chi connectivity index (χ1v) is 11.6. The molecule has 1 amide bonds. The number of halogens is 1. The molecule has 32 heavy (non-hydrogen) atoms. The molecule has 0 unspecified atom stereocenters. The Bertz CT molecular complexity index is 1090. The Kier molecular flexibility index (Phi) is 6.10. The van der Waals surface area contributed by atoms with E-state index in [2.05, 4.69) is 22.0 Å². The van der Waals surface area contributed by atoms with Gasteiger partial charge in [-0.15, -0.1) is 0 Å². The molecule has 1 saturated heterocycles. The highest BCUT2D eigenvalue weighted by molar-refractivity contribution is 6.30. The van der Waals surface area contributed by atoms with Crippen LogP contribution in [0.2, 0.25) is 5.02 Å². The van der Waals surface area contributed by atoms with Crippen molar-refractivity contribution in [2.24, 2.45) is 0 Å². The second-order valence-electron chi connectivity index (χ2n) is 8.35. The minimum atomic E-state index is -0.249. The van der Waals surface area contributed by atoms with Crippen molar-refractivity contribution in [2.45, 2.75) is 19.3 Å². The van der Waals surface area contributed by atoms with Gasteiger partial charge >= 0.3 is 6.09 Å². The van der Waals surface area contributed by atoms with E-state index in [1.807, 2.05) is 48.7 Å². The zero-order valence-electron chi connectivity index (χ0n) is 18.0. The quantitative estimate of drug-likeness (QED) is 0.506. The van der Waals surface area contributed by atoms with Crippen molar-refractivity contribution in [3.05, 3.63) is 71.4 Å². The van der Waals surface area contributed by atoms with Crippen LogP contribution in [0.3, 0.4) is 0 Å². The molecular formula is C26H26ClN3O2. The maximum atomic E-state index is 12.6. The normalized spacial score (nSPS) is 15.7. The Morgan fingerprint density at radius 3 is 2.44 bits per heavy atom. The number of benzene rings is 2. The van der Waals surface area contributed by atoms with Gasteiger partial charge in [-0.05, 0) is 73.8 Å². The van der Waals surface area contributed by atoms with Gasteiger partial charge in [0, 0.05) is 35.4 Å². The minimum absolute atomic E-state index is 0.249. The summed E-state index contributed by atoms with van der Waals surface area (Å²) in [7, 11) is 0. The minimum Gasteiger partial charge on any atom is -0.448 e. The Hall–Kier alpha value is -2.89. The summed E-state index contributed by atoms with van der Waals surface area (Å²) in [6.45, 7) is 4.16. The number of nitrogens with zero attached hydrogens (tertiary/aromatic N) is 3. The number of likely N-dealkylation sites (tertiary alicyclic amines) is 1. The van der Waals surface area contributed by atoms with Gasteiger partial charge in [0.05, 0.1) is 11.4 Å². The third-order valence-electron chi connectivity index (χ3n) is 6.26. The molecule has 3 aromatic rings. The zero-order chi connectivity index (χ0) is 21.9. The predicted molar refractivity (Wildman–Crippen MR) is 128 cm³/mol. The summed E-state index contributed by atoms with van der Waals surface area (Å²) in [6.07, 6.45) is 4.95. The Morgan fingerprint density at radius 2 is 1.69 bits per heavy atom. The van der Waals surface area contributed by atoms with Crippen LogP contribution in [0.1, 0.15) is 18.4 Å². The fourth-order valence-corrected chi connectivity index (χ4v) is 4.60. The van der Waals surface area contributed by atoms with Crippen molar-refractivity contribution in [3.8, 4) is 22.4 Å². The highest BCUT2D eigenvalue weighted by Gasteiger charge is 2.26. The first kappa shape index (κ1) is 21.0. The number of ether oxygens (including phenoxy) is 1. The zero-order valence-corrected chi connectivity index (χ0v) is 18.7. The van der Waals surface area contributed by atoms with Crippen LogP contribution < -0.4 is 4.90 Å². The first-order valence-electron chi connectivity index (χ1n) is 11.2. The molecule has 0 aliphatic carbocycles. The highest BCUT2D eigenvalue weighted by Crippen LogP contribution is 2.33. The van der Waals surface area contributed by atoms with Crippen molar-refractivity contribution < 1.29 is 9.53 Å². The lowest BCUT2D eigenvalue weighted by Crippen LogP contribution is -2.32. The summed E-state index contributed by atoms with van der Waals surface area (Å²) in [5, 5.41) is 0.723. The molecule has 0 saturated carbocycles. The number of carbonyl (C=O) groups excluding carboxylic acids is 1. The standard InChI is InChI=1S/C26H26ClN3O2/c27-23-7-3-19(4-8-23)22-5-9-24(28-18-22)20-6-10-25-21(17-20)11-14-30(25)26(31)32-16-15-29-12-1-2-13-29/h3-10,17-18H,1-2,11-16H2. The molecule has 0 atom stereocenters. The smallest absolute Gasteiger partial charge is 0.414 e. The van der Waals surface area contributed by atoms with Gasteiger partial charge in [0.1, 0.15) is 6.61 Å². The lowest BCUT2D eigenvalue weighted by atomic mass is 10.0. The van der Waals surface area contributed by atoms with Crippen LogP contribution in [0.5, 0.6) is 0 Å². The molecule has 2 aliphatic heterocycles. The van der Waals surface area contributed by atoms with Gasteiger partial charge in [-0.2, -0.15) is 0 Å². The number of hydrogen-bond acceptors (Lipinski definition) is 4. The molecule has 1 fully saturated rings. The maximum Gasteiger partial charge on any atom is 0.414 e. The van der Waals surface area contributed by atoms with Crippen LogP contribution >= 0.6 is 11.6 Å². The van der Waals surface area contributed by atoms with Crippen LogP contribution in [0.15, 0.2) is 60.8 Å². The summed E-state index contributed by atoms with van der Waals surface area (Å²) < 4.78 is 5.55. The molecule has 0 bridgehead atoms. The number of carbonyl (C=O) groups is 1. The maximum absolute atomic E-state index is 12.6. The van der Waals surface area contributed by atoms with E-state index in [-0.39, 0.29) is 6.09 Å². The fraction of sp³-hybridized carbons (Fsp3) is 0.308. The summed E-state index contributed by atoms with van der Waals surface area (Å²) in [5.41, 5.74) is 6.20. The molecule has 2 aliphatic rings. The van der Waals surface area contributed by atoms with Crippen molar-refractivity contribution in [1.29, 1.82) is 0 Å². The summed E-state index contributed by atoms with van der Waals surface area (Å²) in [6, 6.07) is 18.0. The topological polar surface area (TPSA) is 45.7 Å². The number of pyridine rings is 1. The fourth-order valence-electron chi connectivity index (χ4n) is 4.47. The number of hydrogen-bond donors (Lipinski definition) is 0. The lowest BCUT2D eigenvalue weighted by Gasteiger charge is -2.19. The first-order chi connectivity index (χ1) is 15.7. The van der Waals surface area contributed by atoms with Gasteiger partial charge in [-0.25, -0.2) is 4.79 Å². The molecule has 0 radical (unpaired) electrons. The Balaban J connectivity index is 1.25. The van der Waals surface area contributed by atoms with E-state index in [0.29, 0.717) is 13.2 Å². The Labute approximate surface area is 193 Å². The van der Waals surface area contributed by atoms with Crippen molar-refractivity contribution in [2.75, 3.05) is 37.7 Å². The highest BCUT2D eigenvalue weighted by atomic mass is 35.5. The summed E-state index contributed by atoms with van der Waals surface area (Å²) >= 11 is 5.98. The van der Waals surface area contributed by atoms with Crippen LogP contribution in [-0.4, -0.2) is 48.8 Å². The van der Waals surface area contributed by atoms with Gasteiger partial charge in [0.2, 0.25) is 0 Å². The lowest BCUT2D eigenvalue weighted by molar-refractivity contribution is 0.139. The molecular weight excluding hydrogens is 422 g/mol.